The second kappa shape index (κ2) is 7.85. The van der Waals surface area contributed by atoms with E-state index in [1.807, 2.05) is 0 Å². The Morgan fingerprint density at radius 2 is 1.90 bits per heavy atom. The smallest absolute Gasteiger partial charge is 0.255 e. The predicted molar refractivity (Wildman–Crippen MR) is 120 cm³/mol. The third kappa shape index (κ3) is 3.83. The van der Waals surface area contributed by atoms with E-state index in [1.54, 1.807) is 12.1 Å². The van der Waals surface area contributed by atoms with Gasteiger partial charge >= 0.3 is 0 Å². The standard InChI is InChI=1S/C23H23FN2O4S/c1-14-6-4-5-11-26(31(3,28)29)19-13-20-18(12-17(14)19)21(23(27)25-2)22(30-20)15-7-9-16(24)10-8-15/h7-10,12-13H,1,4-6,11H2,2-3H3,(H,25,27). The lowest BCUT2D eigenvalue weighted by Gasteiger charge is -2.28. The van der Waals surface area contributed by atoms with Gasteiger partial charge < -0.3 is 9.73 Å². The van der Waals surface area contributed by atoms with E-state index in [0.29, 0.717) is 52.1 Å². The van der Waals surface area contributed by atoms with Crippen molar-refractivity contribution in [1.29, 1.82) is 0 Å². The van der Waals surface area contributed by atoms with Crippen LogP contribution in [0, 0.1) is 5.82 Å². The number of amides is 1. The van der Waals surface area contributed by atoms with Gasteiger partial charge in [-0.15, -0.1) is 0 Å². The molecule has 0 spiro atoms. The van der Waals surface area contributed by atoms with Gasteiger partial charge in [-0.05, 0) is 55.2 Å². The van der Waals surface area contributed by atoms with Crippen molar-refractivity contribution in [1.82, 2.24) is 5.32 Å². The second-order valence-corrected chi connectivity index (χ2v) is 9.56. The molecule has 6 nitrogen and oxygen atoms in total. The van der Waals surface area contributed by atoms with Gasteiger partial charge in [0.25, 0.3) is 5.91 Å². The lowest BCUT2D eigenvalue weighted by Crippen LogP contribution is -2.32. The molecule has 0 atom stereocenters. The molecule has 0 aliphatic carbocycles. The van der Waals surface area contributed by atoms with E-state index in [9.17, 15) is 17.6 Å². The summed E-state index contributed by atoms with van der Waals surface area (Å²) in [5.41, 5.74) is 3.20. The Bertz CT molecular complexity index is 1290. The highest BCUT2D eigenvalue weighted by Crippen LogP contribution is 2.41. The Balaban J connectivity index is 2.04. The van der Waals surface area contributed by atoms with Crippen molar-refractivity contribution >= 4 is 38.2 Å². The average Bonchev–Trinajstić information content (AvgIpc) is 3.08. The number of furan rings is 1. The van der Waals surface area contributed by atoms with Crippen molar-refractivity contribution in [3.63, 3.8) is 0 Å². The lowest BCUT2D eigenvalue weighted by molar-refractivity contribution is 0.0964. The van der Waals surface area contributed by atoms with Crippen LogP contribution < -0.4 is 9.62 Å². The molecular weight excluding hydrogens is 419 g/mol. The van der Waals surface area contributed by atoms with Crippen molar-refractivity contribution in [2.45, 2.75) is 19.3 Å². The first-order chi connectivity index (χ1) is 14.7. The quantitative estimate of drug-likeness (QED) is 0.645. The van der Waals surface area contributed by atoms with Crippen LogP contribution in [0.15, 0.2) is 47.4 Å². The molecule has 1 N–H and O–H groups in total. The fourth-order valence-corrected chi connectivity index (χ4v) is 4.94. The summed E-state index contributed by atoms with van der Waals surface area (Å²) in [5, 5.41) is 3.17. The van der Waals surface area contributed by atoms with Gasteiger partial charge in [0.15, 0.2) is 0 Å². The largest absolute Gasteiger partial charge is 0.455 e. The van der Waals surface area contributed by atoms with Gasteiger partial charge in [-0.3, -0.25) is 9.10 Å². The van der Waals surface area contributed by atoms with Gasteiger partial charge in [0.05, 0.1) is 17.5 Å². The molecule has 1 aliphatic heterocycles. The summed E-state index contributed by atoms with van der Waals surface area (Å²) < 4.78 is 45.9. The molecule has 0 saturated carbocycles. The third-order valence-electron chi connectivity index (χ3n) is 5.51. The van der Waals surface area contributed by atoms with Crippen LogP contribution in [0.1, 0.15) is 35.2 Å². The zero-order chi connectivity index (χ0) is 22.3. The summed E-state index contributed by atoms with van der Waals surface area (Å²) >= 11 is 0. The number of sulfonamides is 1. The highest BCUT2D eigenvalue weighted by atomic mass is 32.2. The van der Waals surface area contributed by atoms with Crippen molar-refractivity contribution in [3.8, 4) is 11.3 Å². The molecule has 2 aromatic carbocycles. The van der Waals surface area contributed by atoms with Crippen molar-refractivity contribution in [2.24, 2.45) is 0 Å². The van der Waals surface area contributed by atoms with Crippen LogP contribution in [0.25, 0.3) is 27.9 Å². The van der Waals surface area contributed by atoms with Gasteiger partial charge in [0, 0.05) is 36.2 Å². The minimum atomic E-state index is -3.52. The van der Waals surface area contributed by atoms with E-state index in [-0.39, 0.29) is 5.91 Å². The zero-order valence-corrected chi connectivity index (χ0v) is 18.2. The first kappa shape index (κ1) is 21.1. The molecule has 4 rings (SSSR count). The van der Waals surface area contributed by atoms with Crippen LogP contribution in [0.5, 0.6) is 0 Å². The maximum absolute atomic E-state index is 13.4. The average molecular weight is 443 g/mol. The maximum atomic E-state index is 13.4. The summed E-state index contributed by atoms with van der Waals surface area (Å²) in [6.45, 7) is 4.52. The number of nitrogens with one attached hydrogen (secondary N) is 1. The zero-order valence-electron chi connectivity index (χ0n) is 17.4. The fourth-order valence-electron chi connectivity index (χ4n) is 3.97. The number of rotatable bonds is 3. The number of hydrogen-bond acceptors (Lipinski definition) is 4. The van der Waals surface area contributed by atoms with E-state index >= 15 is 0 Å². The summed E-state index contributed by atoms with van der Waals surface area (Å²) in [5.74, 6) is -0.456. The number of fused-ring (bicyclic) bond motifs is 2. The minimum absolute atomic E-state index is 0.295. The molecule has 1 aromatic heterocycles. The van der Waals surface area contributed by atoms with Crippen LogP contribution in [0.3, 0.4) is 0 Å². The molecule has 0 radical (unpaired) electrons. The van der Waals surface area contributed by atoms with Crippen molar-refractivity contribution in [3.05, 3.63) is 59.9 Å². The Kier molecular flexibility index (Phi) is 5.35. The van der Waals surface area contributed by atoms with Crippen LogP contribution in [0.2, 0.25) is 0 Å². The number of anilines is 1. The minimum Gasteiger partial charge on any atom is -0.455 e. The molecule has 162 valence electrons. The number of carbonyl (C=O) groups is 1. The van der Waals surface area contributed by atoms with Crippen LogP contribution in [-0.2, 0) is 10.0 Å². The van der Waals surface area contributed by atoms with Crippen molar-refractivity contribution in [2.75, 3.05) is 24.2 Å². The van der Waals surface area contributed by atoms with Gasteiger partial charge in [0.2, 0.25) is 10.0 Å². The molecule has 0 unspecified atom stereocenters. The molecule has 2 heterocycles. The molecule has 31 heavy (non-hydrogen) atoms. The highest BCUT2D eigenvalue weighted by Gasteiger charge is 2.28. The maximum Gasteiger partial charge on any atom is 0.255 e. The molecule has 8 heteroatoms. The normalized spacial score (nSPS) is 14.8. The molecule has 3 aromatic rings. The SMILES string of the molecule is C=C1CCCCN(S(C)(=O)=O)c2cc3oc(-c4ccc(F)cc4)c(C(=O)NC)c3cc21. The number of nitrogens with zero attached hydrogens (tertiary/aromatic N) is 1. The lowest BCUT2D eigenvalue weighted by atomic mass is 9.95. The summed E-state index contributed by atoms with van der Waals surface area (Å²) in [6.07, 6.45) is 3.43. The Morgan fingerprint density at radius 3 is 2.55 bits per heavy atom. The highest BCUT2D eigenvalue weighted by molar-refractivity contribution is 7.92. The van der Waals surface area contributed by atoms with Crippen molar-refractivity contribution < 1.29 is 22.0 Å². The van der Waals surface area contributed by atoms with Gasteiger partial charge in [-0.25, -0.2) is 12.8 Å². The first-order valence-electron chi connectivity index (χ1n) is 9.95. The molecule has 1 amide bonds. The number of carbonyl (C=O) groups excluding carboxylic acids is 1. The van der Waals surface area contributed by atoms with E-state index in [0.717, 1.165) is 18.4 Å². The molecule has 0 bridgehead atoms. The monoisotopic (exact) mass is 442 g/mol. The van der Waals surface area contributed by atoms with E-state index in [1.165, 1.54) is 41.9 Å². The van der Waals surface area contributed by atoms with Crippen LogP contribution in [-0.4, -0.2) is 34.2 Å². The Morgan fingerprint density at radius 1 is 1.19 bits per heavy atom. The molecular formula is C23H23FN2O4S. The fraction of sp³-hybridized carbons (Fsp3) is 0.261. The summed E-state index contributed by atoms with van der Waals surface area (Å²) in [6, 6.07) is 9.10. The Labute approximate surface area is 180 Å². The summed E-state index contributed by atoms with van der Waals surface area (Å²) in [4.78, 5) is 12.8. The predicted octanol–water partition coefficient (Wildman–Crippen LogP) is 4.56. The number of halogens is 1. The number of benzene rings is 2. The third-order valence-corrected chi connectivity index (χ3v) is 6.69. The van der Waals surface area contributed by atoms with E-state index in [4.69, 9.17) is 4.42 Å². The first-order valence-corrected chi connectivity index (χ1v) is 11.8. The van der Waals surface area contributed by atoms with E-state index < -0.39 is 15.8 Å². The van der Waals surface area contributed by atoms with Crippen LogP contribution in [0.4, 0.5) is 10.1 Å². The molecule has 0 fully saturated rings. The number of allylic oxidation sites excluding steroid dienone is 1. The molecule has 0 saturated heterocycles. The van der Waals surface area contributed by atoms with E-state index in [2.05, 4.69) is 11.9 Å². The molecule has 1 aliphatic rings. The van der Waals surface area contributed by atoms with Gasteiger partial charge in [0.1, 0.15) is 17.2 Å². The topological polar surface area (TPSA) is 79.6 Å². The summed E-state index contributed by atoms with van der Waals surface area (Å²) in [7, 11) is -2.00. The number of hydrogen-bond donors (Lipinski definition) is 1. The second-order valence-electron chi connectivity index (χ2n) is 7.65. The van der Waals surface area contributed by atoms with Crippen LogP contribution >= 0.6 is 0 Å². The van der Waals surface area contributed by atoms with Gasteiger partial charge in [-0.2, -0.15) is 0 Å². The Hall–Kier alpha value is -3.13. The van der Waals surface area contributed by atoms with Gasteiger partial charge in [-0.1, -0.05) is 6.58 Å².